The fourth-order valence-corrected chi connectivity index (χ4v) is 1.67. The second-order valence-corrected chi connectivity index (χ2v) is 3.61. The molecular formula is C11H19NO. The summed E-state index contributed by atoms with van der Waals surface area (Å²) in [6.45, 7) is 0.802. The van der Waals surface area contributed by atoms with E-state index < -0.39 is 0 Å². The van der Waals surface area contributed by atoms with Gasteiger partial charge >= 0.3 is 0 Å². The highest BCUT2D eigenvalue weighted by molar-refractivity contribution is 5.95. The summed E-state index contributed by atoms with van der Waals surface area (Å²) in [4.78, 5) is 11.6. The summed E-state index contributed by atoms with van der Waals surface area (Å²) in [5, 5.41) is 3.01. The van der Waals surface area contributed by atoms with E-state index in [4.69, 9.17) is 0 Å². The molecule has 0 aromatic carbocycles. The van der Waals surface area contributed by atoms with Gasteiger partial charge in [0.25, 0.3) is 0 Å². The van der Waals surface area contributed by atoms with Gasteiger partial charge in [-0.2, -0.15) is 0 Å². The van der Waals surface area contributed by atoms with E-state index in [-0.39, 0.29) is 0 Å². The van der Waals surface area contributed by atoms with Crippen LogP contribution >= 0.6 is 0 Å². The SMILES string of the molecule is CNCCC(=O)C1=CCCCCC1. The minimum absolute atomic E-state index is 0.344. The van der Waals surface area contributed by atoms with Gasteiger partial charge in [0.2, 0.25) is 0 Å². The van der Waals surface area contributed by atoms with E-state index in [1.807, 2.05) is 7.05 Å². The van der Waals surface area contributed by atoms with Crippen molar-refractivity contribution in [2.45, 2.75) is 38.5 Å². The number of carbonyl (C=O) groups is 1. The first-order chi connectivity index (χ1) is 6.34. The summed E-state index contributed by atoms with van der Waals surface area (Å²) in [5.41, 5.74) is 1.08. The third-order valence-corrected chi connectivity index (χ3v) is 2.50. The second kappa shape index (κ2) is 5.92. The molecule has 0 radical (unpaired) electrons. The second-order valence-electron chi connectivity index (χ2n) is 3.61. The molecule has 1 aliphatic rings. The van der Waals surface area contributed by atoms with Crippen LogP contribution in [0.4, 0.5) is 0 Å². The molecule has 0 atom stereocenters. The van der Waals surface area contributed by atoms with Crippen LogP contribution in [0.1, 0.15) is 38.5 Å². The Morgan fingerprint density at radius 3 is 3.08 bits per heavy atom. The molecular weight excluding hydrogens is 162 g/mol. The van der Waals surface area contributed by atoms with Crippen molar-refractivity contribution in [3.05, 3.63) is 11.6 Å². The molecule has 0 heterocycles. The monoisotopic (exact) mass is 181 g/mol. The van der Waals surface area contributed by atoms with Gasteiger partial charge in [0, 0.05) is 13.0 Å². The number of ketones is 1. The zero-order chi connectivity index (χ0) is 9.52. The lowest BCUT2D eigenvalue weighted by Crippen LogP contribution is -2.14. The predicted octanol–water partition coefficient (Wildman–Crippen LogP) is 2.06. The zero-order valence-corrected chi connectivity index (χ0v) is 8.44. The lowest BCUT2D eigenvalue weighted by atomic mass is 10.0. The first-order valence-corrected chi connectivity index (χ1v) is 5.21. The molecule has 2 nitrogen and oxygen atoms in total. The van der Waals surface area contributed by atoms with Gasteiger partial charge in [-0.1, -0.05) is 12.5 Å². The van der Waals surface area contributed by atoms with Crippen LogP contribution in [0.25, 0.3) is 0 Å². The van der Waals surface area contributed by atoms with Crippen LogP contribution in [-0.2, 0) is 4.79 Å². The molecule has 0 unspecified atom stereocenters. The molecule has 1 rings (SSSR count). The smallest absolute Gasteiger partial charge is 0.159 e. The molecule has 0 bridgehead atoms. The molecule has 0 spiro atoms. The Bertz CT molecular complexity index is 196. The Balaban J connectivity index is 2.39. The van der Waals surface area contributed by atoms with E-state index in [1.54, 1.807) is 0 Å². The van der Waals surface area contributed by atoms with Crippen LogP contribution < -0.4 is 5.32 Å². The highest BCUT2D eigenvalue weighted by Gasteiger charge is 2.10. The first-order valence-electron chi connectivity index (χ1n) is 5.21. The van der Waals surface area contributed by atoms with Crippen molar-refractivity contribution in [3.8, 4) is 0 Å². The maximum atomic E-state index is 11.6. The summed E-state index contributed by atoms with van der Waals surface area (Å²) in [6, 6.07) is 0. The molecule has 1 N–H and O–H groups in total. The topological polar surface area (TPSA) is 29.1 Å². The number of carbonyl (C=O) groups excluding carboxylic acids is 1. The van der Waals surface area contributed by atoms with Crippen LogP contribution in [0, 0.1) is 0 Å². The molecule has 0 amide bonds. The van der Waals surface area contributed by atoms with Crippen LogP contribution in [0.5, 0.6) is 0 Å². The highest BCUT2D eigenvalue weighted by Crippen LogP contribution is 2.18. The Hall–Kier alpha value is -0.630. The summed E-state index contributed by atoms with van der Waals surface area (Å²) in [5.74, 6) is 0.344. The van der Waals surface area contributed by atoms with Crippen molar-refractivity contribution in [3.63, 3.8) is 0 Å². The predicted molar refractivity (Wildman–Crippen MR) is 54.7 cm³/mol. The Morgan fingerprint density at radius 2 is 2.31 bits per heavy atom. The lowest BCUT2D eigenvalue weighted by Gasteiger charge is -2.03. The summed E-state index contributed by atoms with van der Waals surface area (Å²) < 4.78 is 0. The van der Waals surface area contributed by atoms with Gasteiger partial charge in [-0.25, -0.2) is 0 Å². The van der Waals surface area contributed by atoms with Crippen molar-refractivity contribution < 1.29 is 4.79 Å². The number of hydrogen-bond donors (Lipinski definition) is 1. The fourth-order valence-electron chi connectivity index (χ4n) is 1.67. The van der Waals surface area contributed by atoms with Gasteiger partial charge < -0.3 is 5.32 Å². The minimum Gasteiger partial charge on any atom is -0.319 e. The van der Waals surface area contributed by atoms with Crippen LogP contribution in [0.15, 0.2) is 11.6 Å². The maximum Gasteiger partial charge on any atom is 0.159 e. The van der Waals surface area contributed by atoms with Crippen molar-refractivity contribution in [2.75, 3.05) is 13.6 Å². The van der Waals surface area contributed by atoms with Crippen LogP contribution in [0.3, 0.4) is 0 Å². The van der Waals surface area contributed by atoms with E-state index in [9.17, 15) is 4.79 Å². The number of nitrogens with one attached hydrogen (secondary N) is 1. The number of Topliss-reactive ketones (excluding diaryl/α,β-unsaturated/α-hetero) is 1. The van der Waals surface area contributed by atoms with Crippen molar-refractivity contribution in [1.82, 2.24) is 5.32 Å². The summed E-state index contributed by atoms with van der Waals surface area (Å²) in [7, 11) is 1.88. The van der Waals surface area contributed by atoms with E-state index in [1.165, 1.54) is 19.3 Å². The normalized spacial score (nSPS) is 17.8. The highest BCUT2D eigenvalue weighted by atomic mass is 16.1. The first kappa shape index (κ1) is 10.5. The third kappa shape index (κ3) is 3.73. The van der Waals surface area contributed by atoms with Gasteiger partial charge in [0.15, 0.2) is 5.78 Å². The molecule has 0 aliphatic heterocycles. The van der Waals surface area contributed by atoms with E-state index >= 15 is 0 Å². The van der Waals surface area contributed by atoms with Gasteiger partial charge in [-0.15, -0.1) is 0 Å². The third-order valence-electron chi connectivity index (χ3n) is 2.50. The standard InChI is InChI=1S/C11H19NO/c1-12-9-8-11(13)10-6-4-2-3-5-7-10/h6,12H,2-5,7-9H2,1H3. The van der Waals surface area contributed by atoms with Gasteiger partial charge in [-0.3, -0.25) is 4.79 Å². The lowest BCUT2D eigenvalue weighted by molar-refractivity contribution is -0.115. The van der Waals surface area contributed by atoms with Gasteiger partial charge in [0.1, 0.15) is 0 Å². The fraction of sp³-hybridized carbons (Fsp3) is 0.727. The zero-order valence-electron chi connectivity index (χ0n) is 8.44. The van der Waals surface area contributed by atoms with Crippen molar-refractivity contribution in [2.24, 2.45) is 0 Å². The van der Waals surface area contributed by atoms with Gasteiger partial charge in [0.05, 0.1) is 0 Å². The largest absolute Gasteiger partial charge is 0.319 e. The van der Waals surface area contributed by atoms with Crippen LogP contribution in [0.2, 0.25) is 0 Å². The number of rotatable bonds is 4. The molecule has 0 fully saturated rings. The Labute approximate surface area is 80.4 Å². The number of hydrogen-bond acceptors (Lipinski definition) is 2. The Kier molecular flexibility index (Phi) is 4.76. The maximum absolute atomic E-state index is 11.6. The molecule has 0 aromatic rings. The molecule has 0 aromatic heterocycles. The van der Waals surface area contributed by atoms with E-state index in [0.29, 0.717) is 12.2 Å². The van der Waals surface area contributed by atoms with E-state index in [0.717, 1.165) is 25.0 Å². The Morgan fingerprint density at radius 1 is 1.46 bits per heavy atom. The van der Waals surface area contributed by atoms with E-state index in [2.05, 4.69) is 11.4 Å². The summed E-state index contributed by atoms with van der Waals surface area (Å²) >= 11 is 0. The molecule has 13 heavy (non-hydrogen) atoms. The molecule has 0 saturated carbocycles. The summed E-state index contributed by atoms with van der Waals surface area (Å²) in [6.07, 6.45) is 8.62. The van der Waals surface area contributed by atoms with Crippen molar-refractivity contribution in [1.29, 1.82) is 0 Å². The van der Waals surface area contributed by atoms with Crippen LogP contribution in [-0.4, -0.2) is 19.4 Å². The number of allylic oxidation sites excluding steroid dienone is 2. The molecule has 0 saturated heterocycles. The average Bonchev–Trinajstić information content (AvgIpc) is 2.42. The molecule has 74 valence electrons. The molecule has 1 aliphatic carbocycles. The van der Waals surface area contributed by atoms with Crippen molar-refractivity contribution >= 4 is 5.78 Å². The van der Waals surface area contributed by atoms with Gasteiger partial charge in [-0.05, 0) is 38.3 Å². The average molecular weight is 181 g/mol. The molecule has 2 heteroatoms. The minimum atomic E-state index is 0.344. The quantitative estimate of drug-likeness (QED) is 0.719.